The first kappa shape index (κ1) is 23.1. The zero-order valence-electron chi connectivity index (χ0n) is 16.2. The SMILES string of the molecule is O=C(O)C(=COCCc1ccc(F)cc1)c1cccc(CSc2c(Cl)cccc2Cl)n1. The monoisotopic (exact) mass is 477 g/mol. The molecule has 0 aliphatic heterocycles. The van der Waals surface area contributed by atoms with E-state index in [0.717, 1.165) is 10.5 Å². The molecular weight excluding hydrogens is 460 g/mol. The Morgan fingerprint density at radius 3 is 2.42 bits per heavy atom. The van der Waals surface area contributed by atoms with Gasteiger partial charge in [0.1, 0.15) is 11.4 Å². The van der Waals surface area contributed by atoms with Crippen molar-refractivity contribution in [3.8, 4) is 0 Å². The molecule has 0 aliphatic carbocycles. The molecule has 160 valence electrons. The summed E-state index contributed by atoms with van der Waals surface area (Å²) in [4.78, 5) is 16.9. The zero-order chi connectivity index (χ0) is 22.2. The Morgan fingerprint density at radius 2 is 1.74 bits per heavy atom. The van der Waals surface area contributed by atoms with E-state index in [1.807, 2.05) is 0 Å². The van der Waals surface area contributed by atoms with E-state index in [9.17, 15) is 14.3 Å². The van der Waals surface area contributed by atoms with Crippen LogP contribution in [0.25, 0.3) is 5.57 Å². The van der Waals surface area contributed by atoms with Crippen LogP contribution in [0.1, 0.15) is 17.0 Å². The Morgan fingerprint density at radius 1 is 1.06 bits per heavy atom. The number of aliphatic carboxylic acids is 1. The Kier molecular flexibility index (Phi) is 8.35. The third kappa shape index (κ3) is 6.72. The molecule has 8 heteroatoms. The van der Waals surface area contributed by atoms with Gasteiger partial charge in [0.25, 0.3) is 0 Å². The fraction of sp³-hybridized carbons (Fsp3) is 0.130. The van der Waals surface area contributed by atoms with Crippen LogP contribution in [0.15, 0.2) is 71.8 Å². The van der Waals surface area contributed by atoms with Crippen molar-refractivity contribution in [2.75, 3.05) is 6.61 Å². The highest BCUT2D eigenvalue weighted by Gasteiger charge is 2.14. The summed E-state index contributed by atoms with van der Waals surface area (Å²) in [7, 11) is 0. The maximum absolute atomic E-state index is 13.0. The molecule has 0 spiro atoms. The minimum atomic E-state index is -1.15. The van der Waals surface area contributed by atoms with Crippen LogP contribution >= 0.6 is 35.0 Å². The molecule has 0 aliphatic rings. The Labute approximate surface area is 193 Å². The summed E-state index contributed by atoms with van der Waals surface area (Å²) in [5.74, 6) is -0.984. The summed E-state index contributed by atoms with van der Waals surface area (Å²) in [5, 5.41) is 10.7. The molecule has 1 N–H and O–H groups in total. The molecule has 4 nitrogen and oxygen atoms in total. The summed E-state index contributed by atoms with van der Waals surface area (Å²) >= 11 is 13.8. The fourth-order valence-corrected chi connectivity index (χ4v) is 4.26. The van der Waals surface area contributed by atoms with Crippen LogP contribution in [-0.2, 0) is 21.7 Å². The maximum atomic E-state index is 13.0. The van der Waals surface area contributed by atoms with Gasteiger partial charge in [0, 0.05) is 17.1 Å². The second-order valence-corrected chi connectivity index (χ2v) is 8.24. The standard InChI is InChI=1S/C23H18Cl2FNO3S/c24-19-4-2-5-20(25)22(19)31-14-17-3-1-6-21(27-17)18(23(28)29)13-30-12-11-15-7-9-16(26)10-8-15/h1-10,13H,11-12,14H2,(H,28,29). The Balaban J connectivity index is 1.66. The summed E-state index contributed by atoms with van der Waals surface area (Å²) in [6, 6.07) is 16.5. The lowest BCUT2D eigenvalue weighted by Crippen LogP contribution is -2.05. The number of ether oxygens (including phenoxy) is 1. The van der Waals surface area contributed by atoms with Crippen molar-refractivity contribution < 1.29 is 19.0 Å². The van der Waals surface area contributed by atoms with Crippen LogP contribution in [0, 0.1) is 5.82 Å². The topological polar surface area (TPSA) is 59.4 Å². The highest BCUT2D eigenvalue weighted by atomic mass is 35.5. The van der Waals surface area contributed by atoms with E-state index >= 15 is 0 Å². The number of aromatic nitrogens is 1. The van der Waals surface area contributed by atoms with Gasteiger partial charge in [-0.15, -0.1) is 11.8 Å². The lowest BCUT2D eigenvalue weighted by atomic mass is 10.1. The van der Waals surface area contributed by atoms with E-state index in [4.69, 9.17) is 27.9 Å². The number of nitrogens with zero attached hydrogens (tertiary/aromatic N) is 1. The third-order valence-corrected chi connectivity index (χ3v) is 6.24. The number of pyridine rings is 1. The number of hydrogen-bond acceptors (Lipinski definition) is 4. The molecule has 0 atom stereocenters. The van der Waals surface area contributed by atoms with E-state index in [2.05, 4.69) is 4.98 Å². The smallest absolute Gasteiger partial charge is 0.341 e. The van der Waals surface area contributed by atoms with E-state index in [1.54, 1.807) is 48.5 Å². The fourth-order valence-electron chi connectivity index (χ4n) is 2.67. The average Bonchev–Trinajstić information content (AvgIpc) is 2.74. The Hall–Kier alpha value is -2.54. The molecule has 0 amide bonds. The maximum Gasteiger partial charge on any atom is 0.341 e. The normalized spacial score (nSPS) is 11.4. The van der Waals surface area contributed by atoms with Crippen LogP contribution in [0.3, 0.4) is 0 Å². The van der Waals surface area contributed by atoms with Gasteiger partial charge in [0.2, 0.25) is 0 Å². The predicted molar refractivity (Wildman–Crippen MR) is 122 cm³/mol. The number of carbonyl (C=O) groups is 1. The summed E-state index contributed by atoms with van der Waals surface area (Å²) in [6.07, 6.45) is 1.71. The van der Waals surface area contributed by atoms with Crippen LogP contribution in [0.5, 0.6) is 0 Å². The van der Waals surface area contributed by atoms with Crippen LogP contribution in [0.2, 0.25) is 10.0 Å². The number of halogens is 3. The summed E-state index contributed by atoms with van der Waals surface area (Å²) < 4.78 is 18.4. The Bertz CT molecular complexity index is 1070. The van der Waals surface area contributed by atoms with Crippen LogP contribution in [0.4, 0.5) is 4.39 Å². The van der Waals surface area contributed by atoms with Gasteiger partial charge < -0.3 is 9.84 Å². The molecule has 0 bridgehead atoms. The van der Waals surface area contributed by atoms with Gasteiger partial charge >= 0.3 is 5.97 Å². The van der Waals surface area contributed by atoms with Crippen molar-refractivity contribution in [3.63, 3.8) is 0 Å². The van der Waals surface area contributed by atoms with Gasteiger partial charge in [-0.25, -0.2) is 9.18 Å². The van der Waals surface area contributed by atoms with Crippen molar-refractivity contribution in [3.05, 3.63) is 99.7 Å². The van der Waals surface area contributed by atoms with Crippen LogP contribution < -0.4 is 0 Å². The highest BCUT2D eigenvalue weighted by molar-refractivity contribution is 7.98. The molecular formula is C23H18Cl2FNO3S. The first-order valence-electron chi connectivity index (χ1n) is 9.26. The second kappa shape index (κ2) is 11.2. The van der Waals surface area contributed by atoms with Gasteiger partial charge in [0.15, 0.2) is 0 Å². The summed E-state index contributed by atoms with van der Waals surface area (Å²) in [6.45, 7) is 0.253. The third-order valence-electron chi connectivity index (χ3n) is 4.22. The molecule has 3 aromatic rings. The number of thioether (sulfide) groups is 1. The lowest BCUT2D eigenvalue weighted by molar-refractivity contribution is -0.130. The lowest BCUT2D eigenvalue weighted by Gasteiger charge is -2.08. The zero-order valence-corrected chi connectivity index (χ0v) is 18.6. The van der Waals surface area contributed by atoms with E-state index in [1.165, 1.54) is 30.2 Å². The molecule has 0 saturated carbocycles. The van der Waals surface area contributed by atoms with Gasteiger partial charge in [-0.05, 0) is 42.0 Å². The van der Waals surface area contributed by atoms with Gasteiger partial charge in [-0.1, -0.05) is 47.5 Å². The van der Waals surface area contributed by atoms with Gasteiger partial charge in [-0.2, -0.15) is 0 Å². The molecule has 3 rings (SSSR count). The largest absolute Gasteiger partial charge is 0.500 e. The second-order valence-electron chi connectivity index (χ2n) is 6.44. The first-order valence-corrected chi connectivity index (χ1v) is 11.0. The van der Waals surface area contributed by atoms with Crippen molar-refractivity contribution in [2.24, 2.45) is 0 Å². The molecule has 31 heavy (non-hydrogen) atoms. The molecule has 0 fully saturated rings. The van der Waals surface area contributed by atoms with Gasteiger partial charge in [0.05, 0.1) is 34.3 Å². The predicted octanol–water partition coefficient (Wildman–Crippen LogP) is 6.50. The average molecular weight is 478 g/mol. The van der Waals surface area contributed by atoms with E-state index in [-0.39, 0.29) is 23.7 Å². The number of rotatable bonds is 9. The molecule has 0 saturated heterocycles. The number of carboxylic acid groups (broad SMARTS) is 1. The number of hydrogen-bond donors (Lipinski definition) is 1. The molecule has 1 heterocycles. The van der Waals surface area contributed by atoms with Crippen molar-refractivity contribution >= 4 is 46.5 Å². The van der Waals surface area contributed by atoms with Crippen molar-refractivity contribution in [1.82, 2.24) is 4.98 Å². The highest BCUT2D eigenvalue weighted by Crippen LogP contribution is 2.35. The molecule has 0 unspecified atom stereocenters. The molecule has 0 radical (unpaired) electrons. The summed E-state index contributed by atoms with van der Waals surface area (Å²) in [5.41, 5.74) is 1.80. The minimum Gasteiger partial charge on any atom is -0.500 e. The number of carboxylic acids is 1. The molecule has 2 aromatic carbocycles. The first-order chi connectivity index (χ1) is 14.9. The van der Waals surface area contributed by atoms with Crippen LogP contribution in [-0.4, -0.2) is 22.7 Å². The molecule has 1 aromatic heterocycles. The van der Waals surface area contributed by atoms with E-state index < -0.39 is 5.97 Å². The van der Waals surface area contributed by atoms with E-state index in [0.29, 0.717) is 27.9 Å². The van der Waals surface area contributed by atoms with Crippen molar-refractivity contribution in [2.45, 2.75) is 17.1 Å². The number of benzene rings is 2. The minimum absolute atomic E-state index is 0.0540. The van der Waals surface area contributed by atoms with Crippen molar-refractivity contribution in [1.29, 1.82) is 0 Å². The quantitative estimate of drug-likeness (QED) is 0.165. The van der Waals surface area contributed by atoms with Gasteiger partial charge in [-0.3, -0.25) is 4.98 Å².